The first kappa shape index (κ1) is 15.6. The monoisotopic (exact) mass is 303 g/mol. The number of anilines is 1. The quantitative estimate of drug-likeness (QED) is 0.809. The van der Waals surface area contributed by atoms with Crippen LogP contribution in [0.5, 0.6) is 5.75 Å². The number of ether oxygens (including phenoxy) is 1. The summed E-state index contributed by atoms with van der Waals surface area (Å²) in [6, 6.07) is 8.39. The number of carboxylic acids is 1. The van der Waals surface area contributed by atoms with Crippen LogP contribution in [0.4, 0.5) is 5.69 Å². The summed E-state index contributed by atoms with van der Waals surface area (Å²) in [7, 11) is 0. The summed E-state index contributed by atoms with van der Waals surface area (Å²) >= 11 is 0. The van der Waals surface area contributed by atoms with Crippen LogP contribution in [-0.2, 0) is 22.6 Å². The number of rotatable bonds is 7. The normalized spacial score (nSPS) is 10.2. The number of aryl methyl sites for hydroxylation is 1. The van der Waals surface area contributed by atoms with Crippen molar-refractivity contribution in [1.82, 2.24) is 9.78 Å². The largest absolute Gasteiger partial charge is 0.482 e. The molecule has 7 nitrogen and oxygen atoms in total. The summed E-state index contributed by atoms with van der Waals surface area (Å²) in [5, 5.41) is 15.5. The van der Waals surface area contributed by atoms with Gasteiger partial charge >= 0.3 is 5.97 Å². The first-order chi connectivity index (χ1) is 10.6. The maximum absolute atomic E-state index is 12.0. The van der Waals surface area contributed by atoms with Crippen LogP contribution < -0.4 is 10.1 Å². The molecule has 0 fully saturated rings. The second kappa shape index (κ2) is 7.26. The van der Waals surface area contributed by atoms with Gasteiger partial charge < -0.3 is 15.2 Å². The molecule has 0 atom stereocenters. The fourth-order valence-corrected chi connectivity index (χ4v) is 1.85. The SMILES string of the molecule is CCn1ccc(CC(=O)Nc2cccc(OCC(=O)O)c2)n1. The van der Waals surface area contributed by atoms with Crippen molar-refractivity contribution in [3.8, 4) is 5.75 Å². The van der Waals surface area contributed by atoms with Gasteiger partial charge in [0, 0.05) is 24.5 Å². The highest BCUT2D eigenvalue weighted by molar-refractivity contribution is 5.92. The molecule has 1 heterocycles. The molecular weight excluding hydrogens is 286 g/mol. The Bertz CT molecular complexity index is 666. The Morgan fingerprint density at radius 1 is 1.36 bits per heavy atom. The molecule has 1 amide bonds. The summed E-state index contributed by atoms with van der Waals surface area (Å²) in [6.07, 6.45) is 2.00. The lowest BCUT2D eigenvalue weighted by Gasteiger charge is -2.07. The molecule has 2 N–H and O–H groups in total. The van der Waals surface area contributed by atoms with Crippen LogP contribution in [0.3, 0.4) is 0 Å². The van der Waals surface area contributed by atoms with Crippen LogP contribution in [0.2, 0.25) is 0 Å². The van der Waals surface area contributed by atoms with Crippen LogP contribution in [0.15, 0.2) is 36.5 Å². The molecule has 0 aliphatic rings. The minimum absolute atomic E-state index is 0.174. The maximum Gasteiger partial charge on any atom is 0.341 e. The zero-order valence-electron chi connectivity index (χ0n) is 12.2. The van der Waals surface area contributed by atoms with Gasteiger partial charge in [-0.1, -0.05) is 6.07 Å². The van der Waals surface area contributed by atoms with Gasteiger partial charge in [-0.2, -0.15) is 5.10 Å². The van der Waals surface area contributed by atoms with Crippen molar-refractivity contribution in [3.05, 3.63) is 42.2 Å². The van der Waals surface area contributed by atoms with E-state index in [4.69, 9.17) is 9.84 Å². The zero-order valence-corrected chi connectivity index (χ0v) is 12.2. The van der Waals surface area contributed by atoms with Gasteiger partial charge in [-0.05, 0) is 25.1 Å². The standard InChI is InChI=1S/C15H17N3O4/c1-2-18-7-6-12(17-18)9-14(19)16-11-4-3-5-13(8-11)22-10-15(20)21/h3-8H,2,9-10H2,1H3,(H,16,19)(H,20,21). The molecule has 0 saturated heterocycles. The Hall–Kier alpha value is -2.83. The molecule has 2 rings (SSSR count). The van der Waals surface area contributed by atoms with E-state index in [-0.39, 0.29) is 12.3 Å². The number of carbonyl (C=O) groups is 2. The van der Waals surface area contributed by atoms with Crippen molar-refractivity contribution in [2.45, 2.75) is 19.9 Å². The number of aromatic nitrogens is 2. The minimum atomic E-state index is -1.05. The van der Waals surface area contributed by atoms with Crippen molar-refractivity contribution in [1.29, 1.82) is 0 Å². The number of amides is 1. The van der Waals surface area contributed by atoms with E-state index in [0.717, 1.165) is 6.54 Å². The Balaban J connectivity index is 1.93. The van der Waals surface area contributed by atoms with Crippen molar-refractivity contribution in [3.63, 3.8) is 0 Å². The molecule has 2 aromatic rings. The molecule has 22 heavy (non-hydrogen) atoms. The van der Waals surface area contributed by atoms with Crippen molar-refractivity contribution in [2.24, 2.45) is 0 Å². The Morgan fingerprint density at radius 3 is 2.86 bits per heavy atom. The summed E-state index contributed by atoms with van der Waals surface area (Å²) < 4.78 is 6.81. The number of benzene rings is 1. The Kier molecular flexibility index (Phi) is 5.13. The van der Waals surface area contributed by atoms with Crippen LogP contribution in [-0.4, -0.2) is 33.4 Å². The highest BCUT2D eigenvalue weighted by Gasteiger charge is 2.08. The van der Waals surface area contributed by atoms with E-state index in [1.807, 2.05) is 13.1 Å². The molecule has 1 aromatic carbocycles. The molecule has 0 radical (unpaired) electrons. The van der Waals surface area contributed by atoms with E-state index < -0.39 is 12.6 Å². The van der Waals surface area contributed by atoms with Gasteiger partial charge in [0.2, 0.25) is 5.91 Å². The maximum atomic E-state index is 12.0. The molecule has 0 aliphatic carbocycles. The van der Waals surface area contributed by atoms with E-state index in [1.165, 1.54) is 0 Å². The van der Waals surface area contributed by atoms with E-state index >= 15 is 0 Å². The average Bonchev–Trinajstić information content (AvgIpc) is 2.93. The minimum Gasteiger partial charge on any atom is -0.482 e. The molecule has 0 unspecified atom stereocenters. The average molecular weight is 303 g/mol. The van der Waals surface area contributed by atoms with Crippen LogP contribution in [0, 0.1) is 0 Å². The molecule has 0 aliphatic heterocycles. The smallest absolute Gasteiger partial charge is 0.341 e. The van der Waals surface area contributed by atoms with E-state index in [9.17, 15) is 9.59 Å². The van der Waals surface area contributed by atoms with Crippen molar-refractivity contribution in [2.75, 3.05) is 11.9 Å². The summed E-state index contributed by atoms with van der Waals surface area (Å²) in [5.41, 5.74) is 1.24. The number of aliphatic carboxylic acids is 1. The van der Waals surface area contributed by atoms with Crippen molar-refractivity contribution >= 4 is 17.6 Å². The van der Waals surface area contributed by atoms with Gasteiger partial charge in [-0.25, -0.2) is 4.79 Å². The second-order valence-electron chi connectivity index (χ2n) is 4.60. The van der Waals surface area contributed by atoms with Gasteiger partial charge in [0.15, 0.2) is 6.61 Å². The van der Waals surface area contributed by atoms with Crippen LogP contribution >= 0.6 is 0 Å². The van der Waals surface area contributed by atoms with Crippen LogP contribution in [0.1, 0.15) is 12.6 Å². The van der Waals surface area contributed by atoms with Gasteiger partial charge in [0.25, 0.3) is 0 Å². The topological polar surface area (TPSA) is 93.5 Å². The summed E-state index contributed by atoms with van der Waals surface area (Å²) in [6.45, 7) is 2.30. The number of hydrogen-bond donors (Lipinski definition) is 2. The second-order valence-corrected chi connectivity index (χ2v) is 4.60. The van der Waals surface area contributed by atoms with E-state index in [0.29, 0.717) is 17.1 Å². The first-order valence-electron chi connectivity index (χ1n) is 6.83. The number of carboxylic acid groups (broad SMARTS) is 1. The fourth-order valence-electron chi connectivity index (χ4n) is 1.85. The predicted molar refractivity (Wildman–Crippen MR) is 79.8 cm³/mol. The lowest BCUT2D eigenvalue weighted by Crippen LogP contribution is -2.15. The molecule has 1 aromatic heterocycles. The molecule has 116 valence electrons. The van der Waals surface area contributed by atoms with Gasteiger partial charge in [-0.15, -0.1) is 0 Å². The first-order valence-corrected chi connectivity index (χ1v) is 6.83. The Labute approximate surface area is 127 Å². The lowest BCUT2D eigenvalue weighted by molar-refractivity contribution is -0.139. The van der Waals surface area contributed by atoms with Crippen LogP contribution in [0.25, 0.3) is 0 Å². The summed E-state index contributed by atoms with van der Waals surface area (Å²) in [5.74, 6) is -0.867. The van der Waals surface area contributed by atoms with E-state index in [1.54, 1.807) is 35.0 Å². The molecule has 0 bridgehead atoms. The number of nitrogens with one attached hydrogen (secondary N) is 1. The summed E-state index contributed by atoms with van der Waals surface area (Å²) in [4.78, 5) is 22.4. The number of carbonyl (C=O) groups excluding carboxylic acids is 1. The molecule has 0 saturated carbocycles. The third-order valence-electron chi connectivity index (χ3n) is 2.84. The molecule has 7 heteroatoms. The number of nitrogens with zero attached hydrogens (tertiary/aromatic N) is 2. The highest BCUT2D eigenvalue weighted by atomic mass is 16.5. The lowest BCUT2D eigenvalue weighted by atomic mass is 10.2. The van der Waals surface area contributed by atoms with Crippen molar-refractivity contribution < 1.29 is 19.4 Å². The Morgan fingerprint density at radius 2 is 2.18 bits per heavy atom. The fraction of sp³-hybridized carbons (Fsp3) is 0.267. The zero-order chi connectivity index (χ0) is 15.9. The van der Waals surface area contributed by atoms with Gasteiger partial charge in [-0.3, -0.25) is 9.48 Å². The highest BCUT2D eigenvalue weighted by Crippen LogP contribution is 2.17. The van der Waals surface area contributed by atoms with E-state index in [2.05, 4.69) is 10.4 Å². The predicted octanol–water partition coefficient (Wildman–Crippen LogP) is 1.55. The van der Waals surface area contributed by atoms with Gasteiger partial charge in [0.1, 0.15) is 5.75 Å². The third kappa shape index (κ3) is 4.62. The third-order valence-corrected chi connectivity index (χ3v) is 2.84. The molecule has 0 spiro atoms. The number of hydrogen-bond acceptors (Lipinski definition) is 4. The molecular formula is C15H17N3O4. The van der Waals surface area contributed by atoms with Gasteiger partial charge in [0.05, 0.1) is 12.1 Å².